The Kier molecular flexibility index (Phi) is 8.60. The van der Waals surface area contributed by atoms with Crippen LogP contribution in [0.5, 0.6) is 0 Å². The molecule has 0 spiro atoms. The number of likely N-dealkylation sites (N-methyl/N-ethyl adjacent to an activating group) is 1. The van der Waals surface area contributed by atoms with Gasteiger partial charge in [-0.1, -0.05) is 32.0 Å². The van der Waals surface area contributed by atoms with E-state index in [1.807, 2.05) is 38.4 Å². The molecule has 0 saturated carbocycles. The van der Waals surface area contributed by atoms with Crippen LogP contribution in [0.25, 0.3) is 0 Å². The molecule has 2 heterocycles. The summed E-state index contributed by atoms with van der Waals surface area (Å²) in [5.41, 5.74) is 2.20. The van der Waals surface area contributed by atoms with Crippen LogP contribution in [0.4, 0.5) is 0 Å². The monoisotopic (exact) mass is 484 g/mol. The van der Waals surface area contributed by atoms with E-state index in [4.69, 9.17) is 0 Å². The number of aromatic nitrogens is 1. The number of amides is 2. The minimum atomic E-state index is -0.625. The Morgan fingerprint density at radius 3 is 2.62 bits per heavy atom. The summed E-state index contributed by atoms with van der Waals surface area (Å²) in [7, 11) is 3.66. The molecule has 1 aliphatic rings. The van der Waals surface area contributed by atoms with E-state index in [1.165, 1.54) is 11.3 Å². The maximum atomic E-state index is 13.2. The number of benzene rings is 1. The van der Waals surface area contributed by atoms with Gasteiger partial charge in [0, 0.05) is 17.5 Å². The Bertz CT molecular complexity index is 1030. The van der Waals surface area contributed by atoms with Crippen molar-refractivity contribution in [1.82, 2.24) is 20.1 Å². The van der Waals surface area contributed by atoms with Gasteiger partial charge in [0.2, 0.25) is 17.6 Å². The van der Waals surface area contributed by atoms with Crippen molar-refractivity contribution in [3.63, 3.8) is 0 Å². The Morgan fingerprint density at radius 1 is 1.21 bits per heavy atom. The molecule has 0 radical (unpaired) electrons. The fraction of sp³-hybridized carbons (Fsp3) is 0.538. The molecule has 2 amide bonds. The SMILES string of the molecule is CC(C)Cc1cccc(C(=O)c2csc([C@@H]3CCCN3C(=O)[C@H](C)NC(=O)[C@H](C)N(C)C)n2)c1. The lowest BCUT2D eigenvalue weighted by Gasteiger charge is -2.28. The van der Waals surface area contributed by atoms with E-state index in [2.05, 4.69) is 24.1 Å². The largest absolute Gasteiger partial charge is 0.343 e. The molecular formula is C26H36N4O3S. The van der Waals surface area contributed by atoms with Crippen LogP contribution in [0.3, 0.4) is 0 Å². The number of nitrogens with one attached hydrogen (secondary N) is 1. The van der Waals surface area contributed by atoms with Crippen molar-refractivity contribution in [2.75, 3.05) is 20.6 Å². The number of carbonyl (C=O) groups excluding carboxylic acids is 3. The lowest BCUT2D eigenvalue weighted by molar-refractivity contribution is -0.137. The molecule has 184 valence electrons. The van der Waals surface area contributed by atoms with Crippen LogP contribution < -0.4 is 5.32 Å². The first-order chi connectivity index (χ1) is 16.1. The van der Waals surface area contributed by atoms with Crippen molar-refractivity contribution in [3.05, 3.63) is 51.5 Å². The fourth-order valence-corrected chi connectivity index (χ4v) is 5.12. The third kappa shape index (κ3) is 6.10. The number of rotatable bonds is 9. The number of carbonyl (C=O) groups is 3. The number of likely N-dealkylation sites (tertiary alicyclic amines) is 1. The second kappa shape index (κ2) is 11.2. The van der Waals surface area contributed by atoms with Crippen LogP contribution >= 0.6 is 11.3 Å². The lowest BCUT2D eigenvalue weighted by atomic mass is 9.99. The third-order valence-electron chi connectivity index (χ3n) is 6.29. The Labute approximate surface area is 206 Å². The van der Waals surface area contributed by atoms with Crippen LogP contribution in [-0.2, 0) is 16.0 Å². The first-order valence-electron chi connectivity index (χ1n) is 11.9. The van der Waals surface area contributed by atoms with Crippen LogP contribution in [0.1, 0.15) is 73.2 Å². The van der Waals surface area contributed by atoms with Gasteiger partial charge in [0.25, 0.3) is 0 Å². The van der Waals surface area contributed by atoms with Crippen molar-refractivity contribution in [1.29, 1.82) is 0 Å². The summed E-state index contributed by atoms with van der Waals surface area (Å²) in [5.74, 6) is 0.123. The highest BCUT2D eigenvalue weighted by molar-refractivity contribution is 7.10. The van der Waals surface area contributed by atoms with Gasteiger partial charge in [0.1, 0.15) is 16.7 Å². The molecule has 8 heteroatoms. The van der Waals surface area contributed by atoms with E-state index in [0.717, 1.165) is 29.8 Å². The molecule has 0 unspecified atom stereocenters. The standard InChI is InChI=1S/C26H36N4O3S/c1-16(2)13-19-9-7-10-20(14-19)23(31)21-15-34-25(28-21)22-11-8-12-30(22)26(33)17(3)27-24(32)18(4)29(5)6/h7,9-10,14-18,22H,8,11-13H2,1-6H3,(H,27,32)/t17-,18-,22-/m0/s1. The maximum absolute atomic E-state index is 13.2. The summed E-state index contributed by atoms with van der Waals surface area (Å²) in [6.07, 6.45) is 2.58. The average molecular weight is 485 g/mol. The number of hydrogen-bond acceptors (Lipinski definition) is 6. The maximum Gasteiger partial charge on any atom is 0.245 e. The number of thiazole rings is 1. The van der Waals surface area contributed by atoms with Crippen molar-refractivity contribution < 1.29 is 14.4 Å². The zero-order valence-corrected chi connectivity index (χ0v) is 21.8. The molecule has 7 nitrogen and oxygen atoms in total. The van der Waals surface area contributed by atoms with Gasteiger partial charge in [-0.3, -0.25) is 19.3 Å². The molecule has 0 bridgehead atoms. The van der Waals surface area contributed by atoms with Crippen molar-refractivity contribution in [2.24, 2.45) is 5.92 Å². The second-order valence-corrected chi connectivity index (χ2v) is 10.6. The zero-order valence-electron chi connectivity index (χ0n) is 21.0. The predicted octanol–water partition coefficient (Wildman–Crippen LogP) is 3.69. The van der Waals surface area contributed by atoms with Crippen LogP contribution in [-0.4, -0.2) is 65.1 Å². The summed E-state index contributed by atoms with van der Waals surface area (Å²) in [5, 5.41) is 5.39. The minimum Gasteiger partial charge on any atom is -0.343 e. The van der Waals surface area contributed by atoms with Gasteiger partial charge in [-0.2, -0.15) is 0 Å². The van der Waals surface area contributed by atoms with Gasteiger partial charge in [0.15, 0.2) is 0 Å². The number of hydrogen-bond donors (Lipinski definition) is 1. The molecule has 3 rings (SSSR count). The van der Waals surface area contributed by atoms with E-state index in [1.54, 1.807) is 29.0 Å². The number of nitrogens with zero attached hydrogens (tertiary/aromatic N) is 3. The second-order valence-electron chi connectivity index (χ2n) is 9.76. The predicted molar refractivity (Wildman–Crippen MR) is 135 cm³/mol. The van der Waals surface area contributed by atoms with Gasteiger partial charge in [0.05, 0.1) is 12.1 Å². The highest BCUT2D eigenvalue weighted by Crippen LogP contribution is 2.34. The molecule has 2 aromatic rings. The summed E-state index contributed by atoms with van der Waals surface area (Å²) < 4.78 is 0. The van der Waals surface area contributed by atoms with E-state index >= 15 is 0 Å². The summed E-state index contributed by atoms with van der Waals surface area (Å²) in [6, 6.07) is 6.63. The summed E-state index contributed by atoms with van der Waals surface area (Å²) in [4.78, 5) is 46.9. The van der Waals surface area contributed by atoms with Crippen LogP contribution in [0, 0.1) is 5.92 Å². The molecule has 0 aliphatic carbocycles. The average Bonchev–Trinajstić information content (AvgIpc) is 3.46. The van der Waals surface area contributed by atoms with Crippen LogP contribution in [0.15, 0.2) is 29.6 Å². The Morgan fingerprint density at radius 2 is 1.94 bits per heavy atom. The molecule has 3 atom stereocenters. The lowest BCUT2D eigenvalue weighted by Crippen LogP contribution is -2.51. The molecule has 1 aliphatic heterocycles. The van der Waals surface area contributed by atoms with Gasteiger partial charge in [-0.25, -0.2) is 4.98 Å². The highest BCUT2D eigenvalue weighted by atomic mass is 32.1. The van der Waals surface area contributed by atoms with Crippen molar-refractivity contribution in [3.8, 4) is 0 Å². The van der Waals surface area contributed by atoms with Crippen molar-refractivity contribution in [2.45, 2.75) is 65.1 Å². The van der Waals surface area contributed by atoms with Crippen LogP contribution in [0.2, 0.25) is 0 Å². The van der Waals surface area contributed by atoms with Crippen molar-refractivity contribution >= 4 is 28.9 Å². The molecule has 1 fully saturated rings. The van der Waals surface area contributed by atoms with E-state index < -0.39 is 6.04 Å². The summed E-state index contributed by atoms with van der Waals surface area (Å²) in [6.45, 7) is 8.46. The molecule has 34 heavy (non-hydrogen) atoms. The molecule has 1 saturated heterocycles. The molecular weight excluding hydrogens is 448 g/mol. The molecule has 1 aromatic heterocycles. The first kappa shape index (κ1) is 26.0. The smallest absolute Gasteiger partial charge is 0.245 e. The van der Waals surface area contributed by atoms with Gasteiger partial charge in [-0.05, 0) is 64.8 Å². The van der Waals surface area contributed by atoms with E-state index in [9.17, 15) is 14.4 Å². The molecule has 1 aromatic carbocycles. The molecule has 1 N–H and O–H groups in total. The quantitative estimate of drug-likeness (QED) is 0.549. The Balaban J connectivity index is 1.71. The zero-order chi connectivity index (χ0) is 25.0. The minimum absolute atomic E-state index is 0.0951. The normalized spacial score (nSPS) is 17.8. The van der Waals surface area contributed by atoms with Gasteiger partial charge < -0.3 is 10.2 Å². The fourth-order valence-electron chi connectivity index (χ4n) is 4.17. The highest BCUT2D eigenvalue weighted by Gasteiger charge is 2.35. The topological polar surface area (TPSA) is 82.6 Å². The summed E-state index contributed by atoms with van der Waals surface area (Å²) >= 11 is 1.42. The first-order valence-corrected chi connectivity index (χ1v) is 12.8. The van der Waals surface area contributed by atoms with Gasteiger partial charge >= 0.3 is 0 Å². The Hall–Kier alpha value is -2.58. The number of ketones is 1. The van der Waals surface area contributed by atoms with E-state index in [-0.39, 0.29) is 29.7 Å². The third-order valence-corrected chi connectivity index (χ3v) is 7.24. The van der Waals surface area contributed by atoms with Gasteiger partial charge in [-0.15, -0.1) is 11.3 Å². The van der Waals surface area contributed by atoms with E-state index in [0.29, 0.717) is 23.7 Å².